The van der Waals surface area contributed by atoms with E-state index in [9.17, 15) is 0 Å². The molecule has 0 bridgehead atoms. The van der Waals surface area contributed by atoms with Gasteiger partial charge in [-0.05, 0) is 33.6 Å². The summed E-state index contributed by atoms with van der Waals surface area (Å²) in [4.78, 5) is 0. The van der Waals surface area contributed by atoms with Crippen molar-refractivity contribution < 1.29 is 0 Å². The molecule has 1 atom stereocenters. The monoisotopic (exact) mass is 421 g/mol. The molecule has 2 aromatic rings. The van der Waals surface area contributed by atoms with Gasteiger partial charge in [-0.15, -0.1) is 0 Å². The quantitative estimate of drug-likeness (QED) is 0.799. The molecule has 0 aliphatic rings. The van der Waals surface area contributed by atoms with E-state index in [1.165, 1.54) is 0 Å². The van der Waals surface area contributed by atoms with E-state index < -0.39 is 0 Å². The van der Waals surface area contributed by atoms with Crippen molar-refractivity contribution in [1.82, 2.24) is 9.78 Å². The van der Waals surface area contributed by atoms with Gasteiger partial charge in [0.2, 0.25) is 0 Å². The Hall–Kier alpha value is -0.170. The van der Waals surface area contributed by atoms with Gasteiger partial charge in [0, 0.05) is 16.0 Å². The minimum Gasteiger partial charge on any atom is -0.319 e. The van der Waals surface area contributed by atoms with Crippen LogP contribution in [0.1, 0.15) is 17.3 Å². The molecule has 0 aliphatic heterocycles. The highest BCUT2D eigenvalue weighted by Crippen LogP contribution is 2.32. The molecule has 0 saturated heterocycles. The first kappa shape index (κ1) is 13.3. The van der Waals surface area contributed by atoms with Crippen LogP contribution >= 0.6 is 47.8 Å². The van der Waals surface area contributed by atoms with Gasteiger partial charge in [-0.2, -0.15) is 5.10 Å². The van der Waals surface area contributed by atoms with Crippen LogP contribution in [0.15, 0.2) is 37.8 Å². The number of hydrogen-bond acceptors (Lipinski definition) is 2. The second-order valence-corrected chi connectivity index (χ2v) is 6.27. The fraction of sp³-hybridized carbons (Fsp3) is 0.182. The summed E-state index contributed by atoms with van der Waals surface area (Å²) in [5.74, 6) is 0. The van der Waals surface area contributed by atoms with E-state index in [0.717, 1.165) is 24.7 Å². The van der Waals surface area contributed by atoms with E-state index >= 15 is 0 Å². The third kappa shape index (κ3) is 2.65. The van der Waals surface area contributed by atoms with E-state index in [1.54, 1.807) is 10.9 Å². The summed E-state index contributed by atoms with van der Waals surface area (Å²) in [6.45, 7) is 0. The lowest BCUT2D eigenvalue weighted by Crippen LogP contribution is -2.17. The summed E-state index contributed by atoms with van der Waals surface area (Å²) >= 11 is 10.4. The minimum absolute atomic E-state index is 0.223. The smallest absolute Gasteiger partial charge is 0.0745 e. The third-order valence-corrected chi connectivity index (χ3v) is 4.32. The summed E-state index contributed by atoms with van der Waals surface area (Å²) in [5, 5.41) is 4.18. The number of aromatic nitrogens is 2. The molecule has 2 rings (SSSR count). The molecule has 1 aromatic heterocycles. The van der Waals surface area contributed by atoms with Crippen LogP contribution in [0, 0.1) is 0 Å². The molecule has 1 aromatic carbocycles. The summed E-state index contributed by atoms with van der Waals surface area (Å²) in [6.07, 6.45) is 1.75. The number of rotatable bonds is 2. The number of nitrogens with two attached hydrogens (primary N) is 1. The number of halogens is 3. The van der Waals surface area contributed by atoms with Crippen molar-refractivity contribution in [2.24, 2.45) is 12.8 Å². The third-order valence-electron chi connectivity index (χ3n) is 2.53. The first-order valence-electron chi connectivity index (χ1n) is 4.88. The van der Waals surface area contributed by atoms with E-state index in [-0.39, 0.29) is 6.04 Å². The zero-order chi connectivity index (χ0) is 12.6. The van der Waals surface area contributed by atoms with Crippen molar-refractivity contribution in [1.29, 1.82) is 0 Å². The van der Waals surface area contributed by atoms with Crippen LogP contribution in [0.5, 0.6) is 0 Å². The molecule has 0 aliphatic carbocycles. The highest BCUT2D eigenvalue weighted by molar-refractivity contribution is 9.11. The van der Waals surface area contributed by atoms with Crippen molar-refractivity contribution in [2.45, 2.75) is 6.04 Å². The Balaban J connectivity index is 2.47. The maximum Gasteiger partial charge on any atom is 0.0745 e. The molecule has 0 fully saturated rings. The zero-order valence-corrected chi connectivity index (χ0v) is 13.8. The SMILES string of the molecule is Cn1ncc(Br)c1C(N)c1ccc(Br)cc1Br. The van der Waals surface area contributed by atoms with Gasteiger partial charge in [-0.3, -0.25) is 4.68 Å². The lowest BCUT2D eigenvalue weighted by molar-refractivity contribution is 0.670. The van der Waals surface area contributed by atoms with Gasteiger partial charge >= 0.3 is 0 Å². The molecule has 0 radical (unpaired) electrons. The van der Waals surface area contributed by atoms with Crippen molar-refractivity contribution >= 4 is 47.8 Å². The van der Waals surface area contributed by atoms with Gasteiger partial charge < -0.3 is 5.73 Å². The fourth-order valence-electron chi connectivity index (χ4n) is 1.67. The van der Waals surface area contributed by atoms with Gasteiger partial charge in [0.05, 0.1) is 22.4 Å². The Bertz CT molecular complexity index is 531. The number of nitrogens with zero attached hydrogens (tertiary/aromatic N) is 2. The molecular weight excluding hydrogens is 414 g/mol. The van der Waals surface area contributed by atoms with Crippen molar-refractivity contribution in [3.63, 3.8) is 0 Å². The van der Waals surface area contributed by atoms with Gasteiger partial charge in [0.1, 0.15) is 0 Å². The maximum absolute atomic E-state index is 6.28. The molecule has 6 heteroatoms. The molecule has 0 saturated carbocycles. The molecule has 90 valence electrons. The first-order chi connectivity index (χ1) is 8.00. The second kappa shape index (κ2) is 5.22. The van der Waals surface area contributed by atoms with Crippen LogP contribution in [-0.2, 0) is 7.05 Å². The van der Waals surface area contributed by atoms with Gasteiger partial charge in [-0.25, -0.2) is 0 Å². The second-order valence-electron chi connectivity index (χ2n) is 3.64. The Morgan fingerprint density at radius 3 is 2.47 bits per heavy atom. The molecule has 2 N–H and O–H groups in total. The highest BCUT2D eigenvalue weighted by Gasteiger charge is 2.18. The Morgan fingerprint density at radius 1 is 1.24 bits per heavy atom. The van der Waals surface area contributed by atoms with Crippen molar-refractivity contribution in [2.75, 3.05) is 0 Å². The van der Waals surface area contributed by atoms with Crippen LogP contribution in [-0.4, -0.2) is 9.78 Å². The largest absolute Gasteiger partial charge is 0.319 e. The average Bonchev–Trinajstić information content (AvgIpc) is 2.58. The Kier molecular flexibility index (Phi) is 4.07. The predicted molar refractivity (Wildman–Crippen MR) is 78.8 cm³/mol. The van der Waals surface area contributed by atoms with Gasteiger partial charge in [-0.1, -0.05) is 37.9 Å². The summed E-state index contributed by atoms with van der Waals surface area (Å²) in [5.41, 5.74) is 8.25. The van der Waals surface area contributed by atoms with Crippen molar-refractivity contribution in [3.05, 3.63) is 49.1 Å². The predicted octanol–water partition coefficient (Wildman–Crippen LogP) is 3.76. The maximum atomic E-state index is 6.28. The number of aryl methyl sites for hydroxylation is 1. The molecule has 1 unspecified atom stereocenters. The van der Waals surface area contributed by atoms with Crippen LogP contribution in [0.4, 0.5) is 0 Å². The molecular formula is C11H10Br3N3. The molecule has 17 heavy (non-hydrogen) atoms. The zero-order valence-electron chi connectivity index (χ0n) is 8.99. The Labute approximate surface area is 125 Å². The van der Waals surface area contributed by atoms with Crippen LogP contribution in [0.2, 0.25) is 0 Å². The van der Waals surface area contributed by atoms with Gasteiger partial charge in [0.25, 0.3) is 0 Å². The topological polar surface area (TPSA) is 43.8 Å². The molecule has 3 nitrogen and oxygen atoms in total. The summed E-state index contributed by atoms with van der Waals surface area (Å²) in [7, 11) is 1.88. The molecule has 0 amide bonds. The minimum atomic E-state index is -0.223. The van der Waals surface area contributed by atoms with E-state index in [0.29, 0.717) is 0 Å². The van der Waals surface area contributed by atoms with Crippen LogP contribution in [0.3, 0.4) is 0 Å². The van der Waals surface area contributed by atoms with E-state index in [2.05, 4.69) is 52.9 Å². The lowest BCUT2D eigenvalue weighted by atomic mass is 10.1. The fourth-order valence-corrected chi connectivity index (χ4v) is 3.56. The normalized spacial score (nSPS) is 12.8. The van der Waals surface area contributed by atoms with E-state index in [1.807, 2.05) is 25.2 Å². The van der Waals surface area contributed by atoms with Crippen molar-refractivity contribution in [3.8, 4) is 0 Å². The van der Waals surface area contributed by atoms with Gasteiger partial charge in [0.15, 0.2) is 0 Å². The summed E-state index contributed by atoms with van der Waals surface area (Å²) < 4.78 is 4.70. The molecule has 0 spiro atoms. The number of hydrogen-bond donors (Lipinski definition) is 1. The standard InChI is InChI=1S/C11H10Br3N3/c1-17-11(9(14)5-16-17)10(15)7-3-2-6(12)4-8(7)13/h2-5,10H,15H2,1H3. The van der Waals surface area contributed by atoms with E-state index in [4.69, 9.17) is 5.73 Å². The first-order valence-corrected chi connectivity index (χ1v) is 7.26. The Morgan fingerprint density at radius 2 is 1.94 bits per heavy atom. The van der Waals surface area contributed by atoms with Crippen LogP contribution < -0.4 is 5.73 Å². The lowest BCUT2D eigenvalue weighted by Gasteiger charge is -2.15. The average molecular weight is 424 g/mol. The molecule has 1 heterocycles. The highest BCUT2D eigenvalue weighted by atomic mass is 79.9. The van der Waals surface area contributed by atoms with Crippen LogP contribution in [0.25, 0.3) is 0 Å². The summed E-state index contributed by atoms with van der Waals surface area (Å²) in [6, 6.07) is 5.74. The number of benzene rings is 1.